The molecule has 8 heteroatoms. The highest BCUT2D eigenvalue weighted by Crippen LogP contribution is 2.25. The van der Waals surface area contributed by atoms with E-state index >= 15 is 0 Å². The normalized spacial score (nSPS) is 13.0. The Labute approximate surface area is 184 Å². The predicted molar refractivity (Wildman–Crippen MR) is 120 cm³/mol. The van der Waals surface area contributed by atoms with Gasteiger partial charge in [0.2, 0.25) is 10.0 Å². The van der Waals surface area contributed by atoms with Crippen molar-refractivity contribution >= 4 is 27.5 Å². The number of nitrogens with zero attached hydrogens (tertiary/aromatic N) is 1. The number of rotatable bonds is 8. The van der Waals surface area contributed by atoms with Crippen LogP contribution in [0.15, 0.2) is 47.4 Å². The Bertz CT molecular complexity index is 989. The Morgan fingerprint density at radius 2 is 1.63 bits per heavy atom. The van der Waals surface area contributed by atoms with Crippen molar-refractivity contribution in [1.29, 1.82) is 0 Å². The molecule has 2 rings (SSSR count). The molecule has 0 aromatic heterocycles. The molecule has 1 N–H and O–H groups in total. The Balaban J connectivity index is 2.22. The zero-order valence-corrected chi connectivity index (χ0v) is 19.7. The maximum absolute atomic E-state index is 12.8. The van der Waals surface area contributed by atoms with Crippen LogP contribution in [0.1, 0.15) is 56.6 Å². The van der Waals surface area contributed by atoms with Gasteiger partial charge in [0.1, 0.15) is 5.75 Å². The van der Waals surface area contributed by atoms with E-state index in [9.17, 15) is 13.2 Å². The molecule has 0 aliphatic rings. The van der Waals surface area contributed by atoms with Crippen LogP contribution in [0.2, 0.25) is 5.02 Å². The lowest BCUT2D eigenvalue weighted by Gasteiger charge is -2.21. The van der Waals surface area contributed by atoms with Gasteiger partial charge in [-0.25, -0.2) is 8.42 Å². The molecule has 0 saturated heterocycles. The first-order valence-corrected chi connectivity index (χ1v) is 11.6. The van der Waals surface area contributed by atoms with Crippen LogP contribution in [-0.2, 0) is 10.0 Å². The highest BCUT2D eigenvalue weighted by Gasteiger charge is 2.25. The molecule has 1 unspecified atom stereocenters. The van der Waals surface area contributed by atoms with E-state index in [2.05, 4.69) is 5.32 Å². The fourth-order valence-corrected chi connectivity index (χ4v) is 4.35. The van der Waals surface area contributed by atoms with Crippen LogP contribution in [-0.4, -0.2) is 37.8 Å². The molecule has 30 heavy (non-hydrogen) atoms. The number of ether oxygens (including phenoxy) is 1. The van der Waals surface area contributed by atoms with Gasteiger partial charge in [0.15, 0.2) is 0 Å². The average molecular weight is 453 g/mol. The summed E-state index contributed by atoms with van der Waals surface area (Å²) in [7, 11) is -2.22. The molecule has 164 valence electrons. The van der Waals surface area contributed by atoms with Crippen molar-refractivity contribution in [3.63, 3.8) is 0 Å². The number of hydrogen-bond acceptors (Lipinski definition) is 4. The number of halogens is 1. The first kappa shape index (κ1) is 24.2. The van der Waals surface area contributed by atoms with Gasteiger partial charge in [0, 0.05) is 13.1 Å². The summed E-state index contributed by atoms with van der Waals surface area (Å²) in [6.45, 7) is 9.30. The van der Waals surface area contributed by atoms with Crippen molar-refractivity contribution in [1.82, 2.24) is 9.62 Å². The van der Waals surface area contributed by atoms with E-state index in [1.807, 2.05) is 45.0 Å². The molecule has 2 aromatic carbocycles. The molecule has 0 radical (unpaired) electrons. The minimum absolute atomic E-state index is 0.0242. The van der Waals surface area contributed by atoms with Crippen molar-refractivity contribution in [3.8, 4) is 5.75 Å². The van der Waals surface area contributed by atoms with Gasteiger partial charge in [0.05, 0.1) is 27.6 Å². The van der Waals surface area contributed by atoms with Crippen LogP contribution >= 0.6 is 11.6 Å². The monoisotopic (exact) mass is 452 g/mol. The van der Waals surface area contributed by atoms with E-state index in [0.717, 1.165) is 11.3 Å². The molecule has 1 amide bonds. The van der Waals surface area contributed by atoms with E-state index in [-0.39, 0.29) is 33.7 Å². The minimum atomic E-state index is -3.73. The van der Waals surface area contributed by atoms with E-state index in [0.29, 0.717) is 0 Å². The lowest BCUT2D eigenvalue weighted by Crippen LogP contribution is -2.33. The molecule has 1 atom stereocenters. The van der Waals surface area contributed by atoms with Gasteiger partial charge in [-0.1, -0.05) is 23.7 Å². The molecule has 6 nitrogen and oxygen atoms in total. The maximum atomic E-state index is 12.8. The zero-order valence-electron chi connectivity index (χ0n) is 18.1. The van der Waals surface area contributed by atoms with Crippen molar-refractivity contribution in [3.05, 3.63) is 58.6 Å². The van der Waals surface area contributed by atoms with Crippen molar-refractivity contribution in [2.75, 3.05) is 7.05 Å². The topological polar surface area (TPSA) is 75.7 Å². The molecule has 0 aliphatic carbocycles. The highest BCUT2D eigenvalue weighted by atomic mass is 35.5. The SMILES string of the molecule is CC(C)Oc1ccc(C(C)NC(=O)c2cc(S(=O)(=O)N(C)C(C)C)ccc2Cl)cc1. The Morgan fingerprint density at radius 1 is 1.03 bits per heavy atom. The fraction of sp³-hybridized carbons (Fsp3) is 0.409. The fourth-order valence-electron chi connectivity index (χ4n) is 2.75. The summed E-state index contributed by atoms with van der Waals surface area (Å²) in [5, 5.41) is 3.06. The second-order valence-corrected chi connectivity index (χ2v) is 10.1. The summed E-state index contributed by atoms with van der Waals surface area (Å²) >= 11 is 6.20. The Hall–Kier alpha value is -2.09. The third-order valence-electron chi connectivity index (χ3n) is 4.69. The molecule has 0 spiro atoms. The first-order chi connectivity index (χ1) is 13.9. The number of hydrogen-bond donors (Lipinski definition) is 1. The predicted octanol–water partition coefficient (Wildman–Crippen LogP) is 4.65. The highest BCUT2D eigenvalue weighted by molar-refractivity contribution is 7.89. The third kappa shape index (κ3) is 5.74. The van der Waals surface area contributed by atoms with Crippen molar-refractivity contribution in [2.45, 2.75) is 57.7 Å². The number of carbonyl (C=O) groups excluding carboxylic acids is 1. The lowest BCUT2D eigenvalue weighted by atomic mass is 10.1. The molecule has 0 bridgehead atoms. The summed E-state index contributed by atoms with van der Waals surface area (Å²) in [6.07, 6.45) is 0.0772. The number of benzene rings is 2. The minimum Gasteiger partial charge on any atom is -0.491 e. The van der Waals surface area contributed by atoms with Crippen LogP contribution in [0.3, 0.4) is 0 Å². The van der Waals surface area contributed by atoms with Crippen LogP contribution in [0.5, 0.6) is 5.75 Å². The van der Waals surface area contributed by atoms with E-state index in [1.165, 1.54) is 29.6 Å². The van der Waals surface area contributed by atoms with Crippen molar-refractivity contribution in [2.24, 2.45) is 0 Å². The molecule has 0 heterocycles. The van der Waals surface area contributed by atoms with Gasteiger partial charge in [-0.3, -0.25) is 4.79 Å². The van der Waals surface area contributed by atoms with Gasteiger partial charge in [-0.15, -0.1) is 0 Å². The number of nitrogens with one attached hydrogen (secondary N) is 1. The van der Waals surface area contributed by atoms with Crippen molar-refractivity contribution < 1.29 is 17.9 Å². The molecular formula is C22H29ClN2O4S. The largest absolute Gasteiger partial charge is 0.491 e. The summed E-state index contributed by atoms with van der Waals surface area (Å²) < 4.78 is 32.4. The summed E-state index contributed by atoms with van der Waals surface area (Å²) in [5.41, 5.74) is 1.00. The van der Waals surface area contributed by atoms with Crippen LogP contribution in [0.25, 0.3) is 0 Å². The third-order valence-corrected chi connectivity index (χ3v) is 7.05. The quantitative estimate of drug-likeness (QED) is 0.632. The average Bonchev–Trinajstić information content (AvgIpc) is 2.67. The molecular weight excluding hydrogens is 424 g/mol. The molecule has 0 aliphatic heterocycles. The molecule has 0 saturated carbocycles. The number of sulfonamides is 1. The second kappa shape index (κ2) is 9.81. The lowest BCUT2D eigenvalue weighted by molar-refractivity contribution is 0.0940. The molecule has 2 aromatic rings. The zero-order chi connectivity index (χ0) is 22.6. The maximum Gasteiger partial charge on any atom is 0.253 e. The van der Waals surface area contributed by atoms with Gasteiger partial charge in [-0.2, -0.15) is 4.31 Å². The Kier molecular flexibility index (Phi) is 7.91. The smallest absolute Gasteiger partial charge is 0.253 e. The molecule has 0 fully saturated rings. The van der Waals surface area contributed by atoms with Crippen LogP contribution in [0.4, 0.5) is 0 Å². The first-order valence-electron chi connectivity index (χ1n) is 9.78. The van der Waals surface area contributed by atoms with Crippen LogP contribution < -0.4 is 10.1 Å². The van der Waals surface area contributed by atoms with Gasteiger partial charge >= 0.3 is 0 Å². The van der Waals surface area contributed by atoms with Gasteiger partial charge in [0.25, 0.3) is 5.91 Å². The van der Waals surface area contributed by atoms with E-state index in [4.69, 9.17) is 16.3 Å². The number of amides is 1. The summed E-state index contributed by atoms with van der Waals surface area (Å²) in [4.78, 5) is 12.8. The Morgan fingerprint density at radius 3 is 2.17 bits per heavy atom. The second-order valence-electron chi connectivity index (χ2n) is 7.69. The van der Waals surface area contributed by atoms with Crippen LogP contribution in [0, 0.1) is 0 Å². The van der Waals surface area contributed by atoms with Gasteiger partial charge < -0.3 is 10.1 Å². The summed E-state index contributed by atoms with van der Waals surface area (Å²) in [6, 6.07) is 11.1. The summed E-state index contributed by atoms with van der Waals surface area (Å²) in [5.74, 6) is 0.307. The number of carbonyl (C=O) groups is 1. The van der Waals surface area contributed by atoms with Gasteiger partial charge in [-0.05, 0) is 70.5 Å². The standard InChI is InChI=1S/C22H29ClN2O4S/c1-14(2)25(6)30(27,28)19-11-12-21(23)20(13-19)22(26)24-16(5)17-7-9-18(10-8-17)29-15(3)4/h7-16H,1-6H3,(H,24,26). The van der Waals surface area contributed by atoms with E-state index in [1.54, 1.807) is 13.8 Å². The van der Waals surface area contributed by atoms with E-state index < -0.39 is 15.9 Å².